The number of amides is 1. The molecule has 7 nitrogen and oxygen atoms in total. The Labute approximate surface area is 126 Å². The van der Waals surface area contributed by atoms with Crippen LogP contribution in [-0.4, -0.2) is 15.8 Å². The molecule has 1 heterocycles. The van der Waals surface area contributed by atoms with Crippen molar-refractivity contribution in [3.63, 3.8) is 0 Å². The van der Waals surface area contributed by atoms with Gasteiger partial charge in [0.15, 0.2) is 0 Å². The number of nitro groups is 1. The number of nitrogens with one attached hydrogen (secondary N) is 2. The van der Waals surface area contributed by atoms with Gasteiger partial charge in [-0.2, -0.15) is 0 Å². The van der Waals surface area contributed by atoms with E-state index in [0.29, 0.717) is 5.82 Å². The summed E-state index contributed by atoms with van der Waals surface area (Å²) in [6, 6.07) is 10.4. The maximum absolute atomic E-state index is 11.6. The molecule has 0 saturated heterocycles. The van der Waals surface area contributed by atoms with Gasteiger partial charge in [-0.25, -0.2) is 4.98 Å². The molecule has 0 aliphatic heterocycles. The van der Waals surface area contributed by atoms with Crippen LogP contribution in [0.25, 0.3) is 6.08 Å². The normalized spacial score (nSPS) is 10.4. The molecule has 0 saturated carbocycles. The van der Waals surface area contributed by atoms with Crippen molar-refractivity contribution in [2.75, 3.05) is 5.43 Å². The van der Waals surface area contributed by atoms with Crippen LogP contribution < -0.4 is 10.9 Å². The number of carbonyl (C=O) groups excluding carboxylic acids is 1. The zero-order valence-electron chi connectivity index (χ0n) is 11.8. The molecular formula is C15H14N4O3. The topological polar surface area (TPSA) is 97.2 Å². The third kappa shape index (κ3) is 4.41. The minimum absolute atomic E-state index is 0.115. The van der Waals surface area contributed by atoms with E-state index in [4.69, 9.17) is 0 Å². The summed E-state index contributed by atoms with van der Waals surface area (Å²) in [5.74, 6) is -0.0524. The first-order chi connectivity index (χ1) is 10.5. The molecule has 2 aromatic rings. The van der Waals surface area contributed by atoms with E-state index in [2.05, 4.69) is 15.8 Å². The number of hydrazine groups is 1. The van der Waals surface area contributed by atoms with Gasteiger partial charge < -0.3 is 0 Å². The molecule has 1 aromatic heterocycles. The summed E-state index contributed by atoms with van der Waals surface area (Å²) >= 11 is 0. The highest BCUT2D eigenvalue weighted by Gasteiger charge is 2.05. The molecule has 1 aromatic carbocycles. The number of hydrogen-bond acceptors (Lipinski definition) is 5. The molecule has 0 unspecified atom stereocenters. The molecule has 0 spiro atoms. The van der Waals surface area contributed by atoms with Crippen LogP contribution in [0.15, 0.2) is 48.7 Å². The van der Waals surface area contributed by atoms with Crippen molar-refractivity contribution in [3.05, 3.63) is 69.9 Å². The standard InChI is InChI=1S/C15H14N4O3/c1-11-2-4-12(5-3-11)6-9-15(20)18-17-14-8-7-13(10-16-14)19(21)22/h2-10H,1H3,(H,16,17)(H,18,20)/b9-6+. The van der Waals surface area contributed by atoms with Gasteiger partial charge in [0.2, 0.25) is 0 Å². The van der Waals surface area contributed by atoms with Gasteiger partial charge in [0.05, 0.1) is 4.92 Å². The molecule has 0 fully saturated rings. The first-order valence-corrected chi connectivity index (χ1v) is 6.46. The van der Waals surface area contributed by atoms with Gasteiger partial charge in [-0.15, -0.1) is 0 Å². The van der Waals surface area contributed by atoms with Crippen molar-refractivity contribution >= 4 is 23.5 Å². The lowest BCUT2D eigenvalue weighted by molar-refractivity contribution is -0.385. The fourth-order valence-corrected chi connectivity index (χ4v) is 1.58. The van der Waals surface area contributed by atoms with Gasteiger partial charge in [-0.05, 0) is 24.6 Å². The lowest BCUT2D eigenvalue weighted by atomic mass is 10.1. The summed E-state index contributed by atoms with van der Waals surface area (Å²) < 4.78 is 0. The third-order valence-electron chi connectivity index (χ3n) is 2.78. The number of hydrogen-bond donors (Lipinski definition) is 2. The van der Waals surface area contributed by atoms with Gasteiger partial charge in [-0.1, -0.05) is 29.8 Å². The Balaban J connectivity index is 1.87. The lowest BCUT2D eigenvalue weighted by Crippen LogP contribution is -2.27. The van der Waals surface area contributed by atoms with Crippen molar-refractivity contribution < 1.29 is 9.72 Å². The Kier molecular flexibility index (Phi) is 4.81. The van der Waals surface area contributed by atoms with E-state index in [-0.39, 0.29) is 11.6 Å². The predicted octanol–water partition coefficient (Wildman–Crippen LogP) is 2.45. The SMILES string of the molecule is Cc1ccc(/C=C/C(=O)NNc2ccc([N+](=O)[O-])cn2)cc1. The Bertz CT molecular complexity index is 694. The number of carbonyl (C=O) groups is 1. The molecule has 0 aliphatic rings. The summed E-state index contributed by atoms with van der Waals surface area (Å²) in [6.45, 7) is 1.99. The van der Waals surface area contributed by atoms with Crippen molar-refractivity contribution in [2.45, 2.75) is 6.92 Å². The molecule has 0 radical (unpaired) electrons. The molecule has 2 N–H and O–H groups in total. The highest BCUT2D eigenvalue weighted by Crippen LogP contribution is 2.10. The number of aryl methyl sites for hydroxylation is 1. The van der Waals surface area contributed by atoms with E-state index < -0.39 is 4.92 Å². The van der Waals surface area contributed by atoms with Crippen LogP contribution >= 0.6 is 0 Å². The molecular weight excluding hydrogens is 284 g/mol. The molecule has 112 valence electrons. The first kappa shape index (κ1) is 15.2. The van der Waals surface area contributed by atoms with Crippen molar-refractivity contribution in [1.82, 2.24) is 10.4 Å². The Morgan fingerprint density at radius 2 is 1.95 bits per heavy atom. The van der Waals surface area contributed by atoms with Crippen LogP contribution in [0.2, 0.25) is 0 Å². The maximum atomic E-state index is 11.6. The Morgan fingerprint density at radius 3 is 2.55 bits per heavy atom. The minimum Gasteiger partial charge on any atom is -0.282 e. The molecule has 0 bridgehead atoms. The van der Waals surface area contributed by atoms with Crippen LogP contribution in [0, 0.1) is 17.0 Å². The molecule has 0 aliphatic carbocycles. The average Bonchev–Trinajstić information content (AvgIpc) is 2.52. The van der Waals surface area contributed by atoms with E-state index in [1.165, 1.54) is 18.2 Å². The largest absolute Gasteiger partial charge is 0.287 e. The number of pyridine rings is 1. The van der Waals surface area contributed by atoms with Crippen LogP contribution in [-0.2, 0) is 4.79 Å². The minimum atomic E-state index is -0.542. The van der Waals surface area contributed by atoms with Crippen molar-refractivity contribution in [2.24, 2.45) is 0 Å². The lowest BCUT2D eigenvalue weighted by Gasteiger charge is -2.04. The Morgan fingerprint density at radius 1 is 1.23 bits per heavy atom. The Hall–Kier alpha value is -3.22. The second-order valence-corrected chi connectivity index (χ2v) is 4.52. The smallest absolute Gasteiger partial charge is 0.282 e. The third-order valence-corrected chi connectivity index (χ3v) is 2.78. The van der Waals surface area contributed by atoms with Gasteiger partial charge in [0.25, 0.3) is 11.6 Å². The van der Waals surface area contributed by atoms with Crippen molar-refractivity contribution in [3.8, 4) is 0 Å². The van der Waals surface area contributed by atoms with Crippen molar-refractivity contribution in [1.29, 1.82) is 0 Å². The maximum Gasteiger partial charge on any atom is 0.287 e. The highest BCUT2D eigenvalue weighted by atomic mass is 16.6. The van der Waals surface area contributed by atoms with Gasteiger partial charge >= 0.3 is 0 Å². The molecule has 1 amide bonds. The number of anilines is 1. The van der Waals surface area contributed by atoms with E-state index in [0.717, 1.165) is 17.3 Å². The quantitative estimate of drug-likeness (QED) is 0.502. The van der Waals surface area contributed by atoms with E-state index in [9.17, 15) is 14.9 Å². The summed E-state index contributed by atoms with van der Waals surface area (Å²) in [5.41, 5.74) is 6.94. The van der Waals surface area contributed by atoms with Gasteiger partial charge in [0.1, 0.15) is 12.0 Å². The predicted molar refractivity (Wildman–Crippen MR) is 82.9 cm³/mol. The summed E-state index contributed by atoms with van der Waals surface area (Å²) in [6.07, 6.45) is 4.17. The first-order valence-electron chi connectivity index (χ1n) is 6.46. The second kappa shape index (κ2) is 6.98. The zero-order valence-corrected chi connectivity index (χ0v) is 11.8. The second-order valence-electron chi connectivity index (χ2n) is 4.52. The van der Waals surface area contributed by atoms with Crippen LogP contribution in [0.1, 0.15) is 11.1 Å². The molecule has 22 heavy (non-hydrogen) atoms. The summed E-state index contributed by atoms with van der Waals surface area (Å²) in [4.78, 5) is 25.4. The zero-order chi connectivity index (χ0) is 15.9. The van der Waals surface area contributed by atoms with E-state index >= 15 is 0 Å². The summed E-state index contributed by atoms with van der Waals surface area (Å²) in [7, 11) is 0. The fraction of sp³-hybridized carbons (Fsp3) is 0.0667. The molecule has 7 heteroatoms. The average molecular weight is 298 g/mol. The number of nitrogens with zero attached hydrogens (tertiary/aromatic N) is 2. The van der Waals surface area contributed by atoms with E-state index in [1.54, 1.807) is 6.08 Å². The number of benzene rings is 1. The highest BCUT2D eigenvalue weighted by molar-refractivity contribution is 5.92. The van der Waals surface area contributed by atoms with Crippen LogP contribution in [0.5, 0.6) is 0 Å². The van der Waals surface area contributed by atoms with Crippen LogP contribution in [0.4, 0.5) is 11.5 Å². The van der Waals surface area contributed by atoms with Crippen LogP contribution in [0.3, 0.4) is 0 Å². The number of aromatic nitrogens is 1. The fourth-order valence-electron chi connectivity index (χ4n) is 1.58. The monoisotopic (exact) mass is 298 g/mol. The van der Waals surface area contributed by atoms with Gasteiger partial charge in [0, 0.05) is 12.1 Å². The molecule has 0 atom stereocenters. The summed E-state index contributed by atoms with van der Waals surface area (Å²) in [5, 5.41) is 10.5. The van der Waals surface area contributed by atoms with Gasteiger partial charge in [-0.3, -0.25) is 25.8 Å². The van der Waals surface area contributed by atoms with E-state index in [1.807, 2.05) is 31.2 Å². The number of rotatable bonds is 5. The molecule has 2 rings (SSSR count).